The van der Waals surface area contributed by atoms with Gasteiger partial charge in [0.2, 0.25) is 0 Å². The Hall–Kier alpha value is -0.0800. The molecule has 0 aromatic heterocycles. The van der Waals surface area contributed by atoms with Gasteiger partial charge in [0.1, 0.15) is 0 Å². The van der Waals surface area contributed by atoms with Gasteiger partial charge in [0.15, 0.2) is 0 Å². The van der Waals surface area contributed by atoms with E-state index in [9.17, 15) is 0 Å². The molecule has 2 nitrogen and oxygen atoms in total. The molecule has 14 heavy (non-hydrogen) atoms. The third-order valence-electron chi connectivity index (χ3n) is 3.97. The Morgan fingerprint density at radius 3 is 2.21 bits per heavy atom. The van der Waals surface area contributed by atoms with E-state index in [0.717, 1.165) is 5.92 Å². The summed E-state index contributed by atoms with van der Waals surface area (Å²) >= 11 is 0. The average molecular weight is 197 g/mol. The Kier molecular flexibility index (Phi) is 3.82. The van der Waals surface area contributed by atoms with Gasteiger partial charge in [0.05, 0.1) is 6.61 Å². The molecule has 2 unspecified atom stereocenters. The lowest BCUT2D eigenvalue weighted by Crippen LogP contribution is -2.36. The lowest BCUT2D eigenvalue weighted by atomic mass is 9.91. The third-order valence-corrected chi connectivity index (χ3v) is 3.97. The molecule has 1 saturated carbocycles. The van der Waals surface area contributed by atoms with Crippen molar-refractivity contribution in [3.8, 4) is 0 Å². The molecule has 0 radical (unpaired) electrons. The fraction of sp³-hybridized carbons (Fsp3) is 1.00. The molecule has 2 rings (SSSR count). The number of hydrogen-bond donors (Lipinski definition) is 2. The minimum Gasteiger partial charge on any atom is -0.395 e. The van der Waals surface area contributed by atoms with Crippen molar-refractivity contribution in [2.75, 3.05) is 6.61 Å². The first-order valence-electron chi connectivity index (χ1n) is 6.27. The van der Waals surface area contributed by atoms with Crippen molar-refractivity contribution in [2.45, 2.75) is 63.5 Å². The number of hydrogen-bond acceptors (Lipinski definition) is 2. The molecule has 0 amide bonds. The molecule has 82 valence electrons. The van der Waals surface area contributed by atoms with Gasteiger partial charge in [-0.05, 0) is 31.6 Å². The Morgan fingerprint density at radius 2 is 1.64 bits per heavy atom. The van der Waals surface area contributed by atoms with Crippen LogP contribution in [0.2, 0.25) is 0 Å². The SMILES string of the molecule is OCC1CCC(C2CCCCCC2)N1. The summed E-state index contributed by atoms with van der Waals surface area (Å²) in [5.41, 5.74) is 0. The minimum atomic E-state index is 0.323. The maximum Gasteiger partial charge on any atom is 0.0584 e. The second kappa shape index (κ2) is 5.13. The van der Waals surface area contributed by atoms with Crippen LogP contribution in [0.15, 0.2) is 0 Å². The average Bonchev–Trinajstić information content (AvgIpc) is 2.53. The van der Waals surface area contributed by atoms with Crippen molar-refractivity contribution in [3.05, 3.63) is 0 Å². The zero-order valence-corrected chi connectivity index (χ0v) is 9.04. The zero-order valence-electron chi connectivity index (χ0n) is 9.04. The quantitative estimate of drug-likeness (QED) is 0.664. The Bertz CT molecular complexity index is 164. The monoisotopic (exact) mass is 197 g/mol. The van der Waals surface area contributed by atoms with Gasteiger partial charge in [-0.2, -0.15) is 0 Å². The van der Waals surface area contributed by atoms with E-state index in [0.29, 0.717) is 18.7 Å². The molecule has 1 aliphatic carbocycles. The lowest BCUT2D eigenvalue weighted by molar-refractivity contribution is 0.242. The van der Waals surface area contributed by atoms with Crippen molar-refractivity contribution in [3.63, 3.8) is 0 Å². The highest BCUT2D eigenvalue weighted by atomic mass is 16.3. The van der Waals surface area contributed by atoms with Crippen LogP contribution in [-0.2, 0) is 0 Å². The molecule has 1 heterocycles. The second-order valence-corrected chi connectivity index (χ2v) is 4.98. The Balaban J connectivity index is 1.82. The molecule has 1 saturated heterocycles. The standard InChI is InChI=1S/C12H23NO/c14-9-11-7-8-12(13-11)10-5-3-1-2-4-6-10/h10-14H,1-9H2. The third kappa shape index (κ3) is 2.48. The number of aliphatic hydroxyl groups excluding tert-OH is 1. The molecule has 0 aromatic rings. The van der Waals surface area contributed by atoms with Crippen molar-refractivity contribution in [1.29, 1.82) is 0 Å². The summed E-state index contributed by atoms with van der Waals surface area (Å²) in [5.74, 6) is 0.897. The normalized spacial score (nSPS) is 35.8. The van der Waals surface area contributed by atoms with Crippen LogP contribution in [0, 0.1) is 5.92 Å². The van der Waals surface area contributed by atoms with Crippen LogP contribution in [0.25, 0.3) is 0 Å². The van der Waals surface area contributed by atoms with Gasteiger partial charge in [0.25, 0.3) is 0 Å². The summed E-state index contributed by atoms with van der Waals surface area (Å²) in [6.07, 6.45) is 11.0. The van der Waals surface area contributed by atoms with Crippen LogP contribution in [0.5, 0.6) is 0 Å². The molecule has 2 atom stereocenters. The lowest BCUT2D eigenvalue weighted by Gasteiger charge is -2.22. The maximum absolute atomic E-state index is 9.08. The molecule has 0 aromatic carbocycles. The molecular formula is C12H23NO. The van der Waals surface area contributed by atoms with E-state index in [-0.39, 0.29) is 0 Å². The van der Waals surface area contributed by atoms with Gasteiger partial charge in [-0.25, -0.2) is 0 Å². The van der Waals surface area contributed by atoms with Crippen LogP contribution in [0.1, 0.15) is 51.4 Å². The summed E-state index contributed by atoms with van der Waals surface area (Å²) in [7, 11) is 0. The molecule has 2 aliphatic rings. The van der Waals surface area contributed by atoms with E-state index >= 15 is 0 Å². The molecular weight excluding hydrogens is 174 g/mol. The van der Waals surface area contributed by atoms with E-state index in [2.05, 4.69) is 5.32 Å². The Labute approximate surface area is 87.1 Å². The summed E-state index contributed by atoms with van der Waals surface area (Å²) < 4.78 is 0. The number of aliphatic hydroxyl groups is 1. The minimum absolute atomic E-state index is 0.323. The number of rotatable bonds is 2. The van der Waals surface area contributed by atoms with Crippen LogP contribution in [0.3, 0.4) is 0 Å². The van der Waals surface area contributed by atoms with Crippen LogP contribution in [0.4, 0.5) is 0 Å². The highest BCUT2D eigenvalue weighted by Crippen LogP contribution is 2.30. The molecule has 2 N–H and O–H groups in total. The second-order valence-electron chi connectivity index (χ2n) is 4.98. The molecule has 2 heteroatoms. The smallest absolute Gasteiger partial charge is 0.0584 e. The van der Waals surface area contributed by atoms with Crippen molar-refractivity contribution >= 4 is 0 Å². The van der Waals surface area contributed by atoms with Crippen molar-refractivity contribution < 1.29 is 5.11 Å². The summed E-state index contributed by atoms with van der Waals surface area (Å²) in [5, 5.41) is 12.7. The fourth-order valence-electron chi connectivity index (χ4n) is 3.08. The van der Waals surface area contributed by atoms with Crippen LogP contribution in [-0.4, -0.2) is 23.8 Å². The van der Waals surface area contributed by atoms with Gasteiger partial charge < -0.3 is 10.4 Å². The zero-order chi connectivity index (χ0) is 9.80. The predicted octanol–water partition coefficient (Wildman–Crippen LogP) is 2.07. The largest absolute Gasteiger partial charge is 0.395 e. The maximum atomic E-state index is 9.08. The molecule has 0 bridgehead atoms. The molecule has 2 fully saturated rings. The first-order valence-corrected chi connectivity index (χ1v) is 6.27. The van der Waals surface area contributed by atoms with E-state index in [1.165, 1.54) is 51.4 Å². The Morgan fingerprint density at radius 1 is 0.929 bits per heavy atom. The number of nitrogens with one attached hydrogen (secondary N) is 1. The first-order chi connectivity index (χ1) is 6.90. The highest BCUT2D eigenvalue weighted by Gasteiger charge is 2.29. The van der Waals surface area contributed by atoms with Crippen LogP contribution < -0.4 is 5.32 Å². The van der Waals surface area contributed by atoms with Gasteiger partial charge in [-0.3, -0.25) is 0 Å². The van der Waals surface area contributed by atoms with E-state index < -0.39 is 0 Å². The molecule has 1 aliphatic heterocycles. The van der Waals surface area contributed by atoms with Crippen molar-refractivity contribution in [2.24, 2.45) is 5.92 Å². The first kappa shape index (κ1) is 10.4. The van der Waals surface area contributed by atoms with Gasteiger partial charge in [-0.1, -0.05) is 25.7 Å². The van der Waals surface area contributed by atoms with Gasteiger partial charge in [0, 0.05) is 12.1 Å². The van der Waals surface area contributed by atoms with E-state index in [1.807, 2.05) is 0 Å². The predicted molar refractivity (Wildman–Crippen MR) is 58.2 cm³/mol. The van der Waals surface area contributed by atoms with E-state index in [1.54, 1.807) is 0 Å². The van der Waals surface area contributed by atoms with Gasteiger partial charge >= 0.3 is 0 Å². The summed E-state index contributed by atoms with van der Waals surface area (Å²) in [6, 6.07) is 1.11. The van der Waals surface area contributed by atoms with Gasteiger partial charge in [-0.15, -0.1) is 0 Å². The van der Waals surface area contributed by atoms with Crippen molar-refractivity contribution in [1.82, 2.24) is 5.32 Å². The highest BCUT2D eigenvalue weighted by molar-refractivity contribution is 4.88. The molecule has 0 spiro atoms. The fourth-order valence-corrected chi connectivity index (χ4v) is 3.08. The summed E-state index contributed by atoms with van der Waals surface area (Å²) in [4.78, 5) is 0. The topological polar surface area (TPSA) is 32.3 Å². The summed E-state index contributed by atoms with van der Waals surface area (Å²) in [6.45, 7) is 0.323. The van der Waals surface area contributed by atoms with E-state index in [4.69, 9.17) is 5.11 Å². The van der Waals surface area contributed by atoms with Crippen LogP contribution >= 0.6 is 0 Å².